The Morgan fingerprint density at radius 3 is 2.58 bits per heavy atom. The highest BCUT2D eigenvalue weighted by Crippen LogP contribution is 2.22. The van der Waals surface area contributed by atoms with Crippen LogP contribution in [0.2, 0.25) is 5.02 Å². The third-order valence-electron chi connectivity index (χ3n) is 2.61. The number of halogens is 3. The van der Waals surface area contributed by atoms with Gasteiger partial charge in [0.25, 0.3) is 5.91 Å². The topological polar surface area (TPSA) is 29.1 Å². The summed E-state index contributed by atoms with van der Waals surface area (Å²) in [6.45, 7) is 1.97. The van der Waals surface area contributed by atoms with Gasteiger partial charge >= 0.3 is 0 Å². The van der Waals surface area contributed by atoms with Crippen molar-refractivity contribution in [3.8, 4) is 0 Å². The number of carbonyl (C=O) groups excluding carboxylic acids is 1. The number of nitrogens with one attached hydrogen (secondary N) is 1. The van der Waals surface area contributed by atoms with Gasteiger partial charge in [-0.25, -0.2) is 0 Å². The highest BCUT2D eigenvalue weighted by atomic mass is 127. The van der Waals surface area contributed by atoms with Crippen LogP contribution in [0.25, 0.3) is 0 Å². The van der Waals surface area contributed by atoms with Crippen LogP contribution in [0.3, 0.4) is 0 Å². The van der Waals surface area contributed by atoms with E-state index in [0.29, 0.717) is 10.6 Å². The lowest BCUT2D eigenvalue weighted by atomic mass is 10.1. The van der Waals surface area contributed by atoms with Crippen LogP contribution in [0.15, 0.2) is 36.4 Å². The second-order valence-electron chi connectivity index (χ2n) is 4.04. The van der Waals surface area contributed by atoms with Gasteiger partial charge in [0.2, 0.25) is 0 Å². The van der Waals surface area contributed by atoms with Crippen molar-refractivity contribution in [1.29, 1.82) is 0 Å². The van der Waals surface area contributed by atoms with Crippen molar-refractivity contribution >= 4 is 68.4 Å². The summed E-state index contributed by atoms with van der Waals surface area (Å²) >= 11 is 10.3. The molecule has 0 aliphatic heterocycles. The summed E-state index contributed by atoms with van der Waals surface area (Å²) in [5.41, 5.74) is 2.45. The fourth-order valence-corrected chi connectivity index (χ4v) is 3.03. The van der Waals surface area contributed by atoms with Crippen LogP contribution in [-0.4, -0.2) is 5.91 Å². The highest BCUT2D eigenvalue weighted by Gasteiger charge is 2.12. The number of aryl methyl sites for hydroxylation is 1. The van der Waals surface area contributed by atoms with Crippen molar-refractivity contribution in [3.05, 3.63) is 59.7 Å². The fourth-order valence-electron chi connectivity index (χ4n) is 1.63. The molecule has 0 atom stereocenters. The molecule has 98 valence electrons. The van der Waals surface area contributed by atoms with Crippen molar-refractivity contribution < 1.29 is 4.79 Å². The predicted octanol–water partition coefficient (Wildman–Crippen LogP) is 5.11. The molecule has 0 aliphatic carbocycles. The molecule has 0 unspecified atom stereocenters. The Kier molecular flexibility index (Phi) is 5.08. The van der Waals surface area contributed by atoms with Gasteiger partial charge in [-0.15, -0.1) is 0 Å². The second kappa shape index (κ2) is 6.41. The van der Waals surface area contributed by atoms with Crippen molar-refractivity contribution in [1.82, 2.24) is 0 Å². The van der Waals surface area contributed by atoms with Crippen LogP contribution in [0.1, 0.15) is 15.9 Å². The molecule has 0 radical (unpaired) electrons. The van der Waals surface area contributed by atoms with E-state index in [1.54, 1.807) is 12.1 Å². The summed E-state index contributed by atoms with van der Waals surface area (Å²) in [4.78, 5) is 12.2. The van der Waals surface area contributed by atoms with E-state index in [9.17, 15) is 4.79 Å². The van der Waals surface area contributed by atoms with Crippen molar-refractivity contribution in [3.63, 3.8) is 0 Å². The molecule has 5 heteroatoms. The zero-order valence-corrected chi connectivity index (χ0v) is 15.1. The lowest BCUT2D eigenvalue weighted by Crippen LogP contribution is -2.14. The molecular formula is C14H10ClI2NO. The van der Waals surface area contributed by atoms with Gasteiger partial charge in [-0.1, -0.05) is 11.6 Å². The molecule has 2 nitrogen and oxygen atoms in total. The number of anilines is 1. The highest BCUT2D eigenvalue weighted by molar-refractivity contribution is 14.1. The molecule has 0 heterocycles. The molecule has 0 saturated carbocycles. The van der Waals surface area contributed by atoms with Crippen molar-refractivity contribution in [2.45, 2.75) is 6.92 Å². The average molecular weight is 498 g/mol. The molecule has 1 N–H and O–H groups in total. The molecule has 0 spiro atoms. The Bertz CT molecular complexity index is 643. The summed E-state index contributed by atoms with van der Waals surface area (Å²) in [6.07, 6.45) is 0. The van der Waals surface area contributed by atoms with E-state index in [2.05, 4.69) is 50.5 Å². The zero-order valence-electron chi connectivity index (χ0n) is 10.0. The van der Waals surface area contributed by atoms with Gasteiger partial charge < -0.3 is 5.32 Å². The monoisotopic (exact) mass is 497 g/mol. The van der Waals surface area contributed by atoms with Crippen LogP contribution in [0.5, 0.6) is 0 Å². The standard InChI is InChI=1S/C14H10ClI2NO/c1-8-6-10(16)3-5-13(8)18-14(19)11-7-9(15)2-4-12(11)17/h2-7H,1H3,(H,18,19). The maximum atomic E-state index is 12.2. The van der Waals surface area contributed by atoms with E-state index >= 15 is 0 Å². The fraction of sp³-hybridized carbons (Fsp3) is 0.0714. The molecule has 2 rings (SSSR count). The van der Waals surface area contributed by atoms with Crippen molar-refractivity contribution in [2.24, 2.45) is 0 Å². The molecule has 0 saturated heterocycles. The Morgan fingerprint density at radius 1 is 1.16 bits per heavy atom. The van der Waals surface area contributed by atoms with Gasteiger partial charge in [0.1, 0.15) is 0 Å². The first kappa shape index (κ1) is 15.1. The maximum absolute atomic E-state index is 12.2. The lowest BCUT2D eigenvalue weighted by molar-refractivity contribution is 0.102. The van der Waals surface area contributed by atoms with Crippen molar-refractivity contribution in [2.75, 3.05) is 5.32 Å². The third kappa shape index (κ3) is 3.82. The van der Waals surface area contributed by atoms with E-state index in [1.165, 1.54) is 0 Å². The first-order chi connectivity index (χ1) is 8.97. The third-order valence-corrected chi connectivity index (χ3v) is 4.46. The Morgan fingerprint density at radius 2 is 1.89 bits per heavy atom. The molecular weight excluding hydrogens is 487 g/mol. The number of hydrogen-bond donors (Lipinski definition) is 1. The van der Waals surface area contributed by atoms with E-state index in [1.807, 2.05) is 31.2 Å². The summed E-state index contributed by atoms with van der Waals surface area (Å²) in [6, 6.07) is 11.2. The van der Waals surface area contributed by atoms with Crippen LogP contribution in [-0.2, 0) is 0 Å². The molecule has 2 aromatic carbocycles. The zero-order chi connectivity index (χ0) is 14.0. The summed E-state index contributed by atoms with van der Waals surface area (Å²) < 4.78 is 2.02. The van der Waals surface area contributed by atoms with Gasteiger partial charge in [-0.3, -0.25) is 4.79 Å². The largest absolute Gasteiger partial charge is 0.322 e. The number of benzene rings is 2. The first-order valence-corrected chi connectivity index (χ1v) is 8.03. The maximum Gasteiger partial charge on any atom is 0.256 e. The molecule has 0 bridgehead atoms. The van der Waals surface area contributed by atoms with Gasteiger partial charge in [0.15, 0.2) is 0 Å². The van der Waals surface area contributed by atoms with Gasteiger partial charge in [0.05, 0.1) is 5.56 Å². The van der Waals surface area contributed by atoms with Gasteiger partial charge in [-0.05, 0) is 94.1 Å². The van der Waals surface area contributed by atoms with Gasteiger partial charge in [0, 0.05) is 17.9 Å². The quantitative estimate of drug-likeness (QED) is 0.575. The number of carbonyl (C=O) groups is 1. The van der Waals surface area contributed by atoms with E-state index < -0.39 is 0 Å². The van der Waals surface area contributed by atoms with Crippen LogP contribution in [0, 0.1) is 14.1 Å². The Labute approximate surface area is 144 Å². The minimum absolute atomic E-state index is 0.142. The molecule has 1 amide bonds. The van der Waals surface area contributed by atoms with Crippen LogP contribution in [0.4, 0.5) is 5.69 Å². The summed E-state index contributed by atoms with van der Waals surface area (Å²) in [5.74, 6) is -0.142. The number of amides is 1. The minimum atomic E-state index is -0.142. The summed E-state index contributed by atoms with van der Waals surface area (Å²) in [7, 11) is 0. The SMILES string of the molecule is Cc1cc(I)ccc1NC(=O)c1cc(Cl)ccc1I. The van der Waals surface area contributed by atoms with E-state index in [0.717, 1.165) is 18.4 Å². The lowest BCUT2D eigenvalue weighted by Gasteiger charge is -2.10. The Hall–Kier alpha value is -0.340. The second-order valence-corrected chi connectivity index (χ2v) is 6.88. The predicted molar refractivity (Wildman–Crippen MR) is 96.0 cm³/mol. The molecule has 0 aliphatic rings. The molecule has 0 fully saturated rings. The summed E-state index contributed by atoms with van der Waals surface area (Å²) in [5, 5.41) is 3.48. The van der Waals surface area contributed by atoms with E-state index in [-0.39, 0.29) is 5.91 Å². The number of hydrogen-bond acceptors (Lipinski definition) is 1. The van der Waals surface area contributed by atoms with E-state index in [4.69, 9.17) is 11.6 Å². The van der Waals surface area contributed by atoms with Crippen LogP contribution >= 0.6 is 56.8 Å². The average Bonchev–Trinajstić information content (AvgIpc) is 2.35. The smallest absolute Gasteiger partial charge is 0.256 e. The number of rotatable bonds is 2. The molecule has 2 aromatic rings. The van der Waals surface area contributed by atoms with Crippen LogP contribution < -0.4 is 5.32 Å². The molecule has 19 heavy (non-hydrogen) atoms. The Balaban J connectivity index is 2.28. The van der Waals surface area contributed by atoms with Gasteiger partial charge in [-0.2, -0.15) is 0 Å². The normalized spacial score (nSPS) is 10.3. The minimum Gasteiger partial charge on any atom is -0.322 e. The molecule has 0 aromatic heterocycles. The first-order valence-electron chi connectivity index (χ1n) is 5.50.